The van der Waals surface area contributed by atoms with E-state index >= 15 is 0 Å². The van der Waals surface area contributed by atoms with Gasteiger partial charge < -0.3 is 5.32 Å². The second kappa shape index (κ2) is 9.09. The van der Waals surface area contributed by atoms with Gasteiger partial charge in [-0.2, -0.15) is 9.78 Å². The second-order valence-electron chi connectivity index (χ2n) is 7.47. The maximum absolute atomic E-state index is 13.1. The van der Waals surface area contributed by atoms with E-state index in [-0.39, 0.29) is 18.2 Å². The minimum absolute atomic E-state index is 0.0732. The Morgan fingerprint density at radius 1 is 1.10 bits per heavy atom. The van der Waals surface area contributed by atoms with E-state index in [1.807, 2.05) is 32.9 Å². The third-order valence-electron chi connectivity index (χ3n) is 4.51. The predicted molar refractivity (Wildman–Crippen MR) is 117 cm³/mol. The van der Waals surface area contributed by atoms with Gasteiger partial charge in [0.15, 0.2) is 0 Å². The quantitative estimate of drug-likeness (QED) is 0.656. The Hall–Kier alpha value is -3.19. The van der Waals surface area contributed by atoms with Gasteiger partial charge in [0.25, 0.3) is 11.5 Å². The Morgan fingerprint density at radius 3 is 2.40 bits per heavy atom. The molecule has 3 aromatic rings. The highest BCUT2D eigenvalue weighted by atomic mass is 35.5. The van der Waals surface area contributed by atoms with E-state index in [1.54, 1.807) is 36.4 Å². The monoisotopic (exact) mass is 426 g/mol. The summed E-state index contributed by atoms with van der Waals surface area (Å²) in [7, 11) is 0. The molecule has 0 unspecified atom stereocenters. The van der Waals surface area contributed by atoms with E-state index in [0.29, 0.717) is 22.8 Å². The number of hydrogen-bond donors (Lipinski definition) is 1. The van der Waals surface area contributed by atoms with Crippen molar-refractivity contribution in [2.45, 2.75) is 27.3 Å². The first-order valence-electron chi connectivity index (χ1n) is 9.60. The smallest absolute Gasteiger partial charge is 0.350 e. The van der Waals surface area contributed by atoms with E-state index in [1.165, 1.54) is 0 Å². The van der Waals surface area contributed by atoms with Crippen molar-refractivity contribution in [1.82, 2.24) is 19.7 Å². The number of rotatable bonds is 6. The minimum atomic E-state index is -0.760. The van der Waals surface area contributed by atoms with Crippen LogP contribution in [0.3, 0.4) is 0 Å². The molecule has 3 rings (SSSR count). The molecular weight excluding hydrogens is 404 g/mol. The molecule has 2 aromatic carbocycles. The summed E-state index contributed by atoms with van der Waals surface area (Å²) >= 11 is 6.22. The molecule has 0 aliphatic carbocycles. The molecule has 1 amide bonds. The van der Waals surface area contributed by atoms with Crippen LogP contribution in [-0.4, -0.2) is 26.8 Å². The summed E-state index contributed by atoms with van der Waals surface area (Å²) in [5.74, 6) is -0.426. The number of amides is 1. The van der Waals surface area contributed by atoms with E-state index in [2.05, 4.69) is 10.4 Å². The topological polar surface area (TPSA) is 86.0 Å². The van der Waals surface area contributed by atoms with Crippen LogP contribution < -0.4 is 16.6 Å². The third kappa shape index (κ3) is 4.68. The maximum atomic E-state index is 13.1. The Kier molecular flexibility index (Phi) is 6.52. The Balaban J connectivity index is 2.17. The van der Waals surface area contributed by atoms with Crippen molar-refractivity contribution in [1.29, 1.82) is 0 Å². The molecule has 0 fully saturated rings. The van der Waals surface area contributed by atoms with Gasteiger partial charge in [0.1, 0.15) is 0 Å². The predicted octanol–water partition coefficient (Wildman–Crippen LogP) is 2.79. The highest BCUT2D eigenvalue weighted by Gasteiger charge is 2.21. The summed E-state index contributed by atoms with van der Waals surface area (Å²) in [4.78, 5) is 38.8. The normalized spacial score (nSPS) is 11.0. The zero-order chi connectivity index (χ0) is 21.8. The van der Waals surface area contributed by atoms with Gasteiger partial charge in [-0.05, 0) is 36.6 Å². The minimum Gasteiger partial charge on any atom is -0.350 e. The van der Waals surface area contributed by atoms with Crippen molar-refractivity contribution in [3.63, 3.8) is 0 Å². The zero-order valence-electron chi connectivity index (χ0n) is 17.1. The zero-order valence-corrected chi connectivity index (χ0v) is 17.8. The summed E-state index contributed by atoms with van der Waals surface area (Å²) in [6, 6.07) is 14.0. The van der Waals surface area contributed by atoms with Gasteiger partial charge in [-0.3, -0.25) is 14.2 Å². The van der Waals surface area contributed by atoms with Crippen LogP contribution in [0.25, 0.3) is 5.69 Å². The SMILES string of the molecule is Cc1ccc(-n2nc(C(=O)NCC(C)C)c(=O)n(Cc3ccccc3Cl)c2=O)cc1. The number of aryl methyl sites for hydroxylation is 1. The van der Waals surface area contributed by atoms with E-state index in [0.717, 1.165) is 14.8 Å². The Labute approximate surface area is 178 Å². The van der Waals surface area contributed by atoms with Crippen molar-refractivity contribution in [3.8, 4) is 5.69 Å². The summed E-state index contributed by atoms with van der Waals surface area (Å²) in [5.41, 5.74) is 0.299. The molecule has 0 aliphatic heterocycles. The van der Waals surface area contributed by atoms with Gasteiger partial charge in [0, 0.05) is 11.6 Å². The second-order valence-corrected chi connectivity index (χ2v) is 7.87. The Morgan fingerprint density at radius 2 is 1.77 bits per heavy atom. The number of halogens is 1. The van der Waals surface area contributed by atoms with Gasteiger partial charge in [0.2, 0.25) is 5.69 Å². The lowest BCUT2D eigenvalue weighted by Crippen LogP contribution is -2.46. The number of benzene rings is 2. The maximum Gasteiger partial charge on any atom is 0.352 e. The highest BCUT2D eigenvalue weighted by Crippen LogP contribution is 2.15. The molecule has 1 heterocycles. The van der Waals surface area contributed by atoms with Crippen LogP contribution in [0.15, 0.2) is 58.1 Å². The van der Waals surface area contributed by atoms with E-state index in [4.69, 9.17) is 11.6 Å². The van der Waals surface area contributed by atoms with Gasteiger partial charge >= 0.3 is 5.69 Å². The molecule has 8 heteroatoms. The van der Waals surface area contributed by atoms with Crippen molar-refractivity contribution in [3.05, 3.63) is 91.2 Å². The van der Waals surface area contributed by atoms with E-state index in [9.17, 15) is 14.4 Å². The molecule has 7 nitrogen and oxygen atoms in total. The highest BCUT2D eigenvalue weighted by molar-refractivity contribution is 6.31. The average molecular weight is 427 g/mol. The van der Waals surface area contributed by atoms with Gasteiger partial charge in [-0.25, -0.2) is 4.79 Å². The number of nitrogens with one attached hydrogen (secondary N) is 1. The number of nitrogens with zero attached hydrogens (tertiary/aromatic N) is 3. The lowest BCUT2D eigenvalue weighted by molar-refractivity contribution is 0.0939. The van der Waals surface area contributed by atoms with Crippen LogP contribution in [0, 0.1) is 12.8 Å². The lowest BCUT2D eigenvalue weighted by Gasteiger charge is -2.13. The molecule has 0 radical (unpaired) electrons. The van der Waals surface area contributed by atoms with Crippen LogP contribution >= 0.6 is 11.6 Å². The molecule has 0 saturated heterocycles. The number of aromatic nitrogens is 3. The van der Waals surface area contributed by atoms with Gasteiger partial charge in [0.05, 0.1) is 12.2 Å². The van der Waals surface area contributed by atoms with Crippen LogP contribution in [0.1, 0.15) is 35.5 Å². The lowest BCUT2D eigenvalue weighted by atomic mass is 10.2. The first-order chi connectivity index (χ1) is 14.3. The van der Waals surface area contributed by atoms with Crippen molar-refractivity contribution in [2.24, 2.45) is 5.92 Å². The summed E-state index contributed by atoms with van der Waals surface area (Å²) in [6.45, 7) is 6.11. The third-order valence-corrected chi connectivity index (χ3v) is 4.88. The first-order valence-corrected chi connectivity index (χ1v) is 9.98. The number of carbonyl (C=O) groups is 1. The van der Waals surface area contributed by atoms with Gasteiger partial charge in [-0.15, -0.1) is 0 Å². The molecule has 0 aliphatic rings. The number of carbonyl (C=O) groups excluding carboxylic acids is 1. The number of hydrogen-bond acceptors (Lipinski definition) is 4. The molecule has 0 saturated carbocycles. The fourth-order valence-electron chi connectivity index (χ4n) is 2.83. The van der Waals surface area contributed by atoms with Crippen LogP contribution in [0.2, 0.25) is 5.02 Å². The van der Waals surface area contributed by atoms with Crippen molar-refractivity contribution in [2.75, 3.05) is 6.54 Å². The largest absolute Gasteiger partial charge is 0.352 e. The standard InChI is InChI=1S/C22H23ClN4O3/c1-14(2)12-24-20(28)19-21(29)26(13-16-6-4-5-7-18(16)23)22(30)27(25-19)17-10-8-15(3)9-11-17/h4-11,14H,12-13H2,1-3H3,(H,24,28). The molecule has 0 spiro atoms. The van der Waals surface area contributed by atoms with Crippen molar-refractivity contribution >= 4 is 17.5 Å². The fraction of sp³-hybridized carbons (Fsp3) is 0.273. The van der Waals surface area contributed by atoms with Crippen LogP contribution in [0.5, 0.6) is 0 Å². The average Bonchev–Trinajstić information content (AvgIpc) is 2.71. The summed E-state index contributed by atoms with van der Waals surface area (Å²) < 4.78 is 2.06. The summed E-state index contributed by atoms with van der Waals surface area (Å²) in [5, 5.41) is 7.22. The Bertz CT molecular complexity index is 1180. The van der Waals surface area contributed by atoms with E-state index < -0.39 is 17.2 Å². The molecule has 30 heavy (non-hydrogen) atoms. The molecule has 156 valence electrons. The molecular formula is C22H23ClN4O3. The molecule has 1 aromatic heterocycles. The molecule has 1 N–H and O–H groups in total. The van der Waals surface area contributed by atoms with Crippen LogP contribution in [0.4, 0.5) is 0 Å². The summed E-state index contributed by atoms with van der Waals surface area (Å²) in [6.07, 6.45) is 0. The van der Waals surface area contributed by atoms with Crippen molar-refractivity contribution < 1.29 is 4.79 Å². The molecule has 0 atom stereocenters. The first kappa shape index (κ1) is 21.5. The molecule has 0 bridgehead atoms. The van der Waals surface area contributed by atoms with Crippen LogP contribution in [-0.2, 0) is 6.54 Å². The van der Waals surface area contributed by atoms with Gasteiger partial charge in [-0.1, -0.05) is 61.3 Å². The fourth-order valence-corrected chi connectivity index (χ4v) is 3.02.